The molecule has 3 aliphatic heterocycles. The molecule has 3 aliphatic rings. The fourth-order valence-electron chi connectivity index (χ4n) is 3.66. The van der Waals surface area contributed by atoms with Crippen molar-refractivity contribution in [3.05, 3.63) is 18.2 Å². The van der Waals surface area contributed by atoms with Crippen molar-refractivity contribution in [3.63, 3.8) is 0 Å². The standard InChI is InChI=1S/C18H27N3O3/c1-2-17(20-5-11-23-12-6-20)18(21-7-13-24-14-8-21)15-16(1)19-3-9-22-10-4-19/h1-2,15H,3-14H2. The van der Waals surface area contributed by atoms with Crippen LogP contribution in [0.2, 0.25) is 0 Å². The minimum Gasteiger partial charge on any atom is -0.378 e. The summed E-state index contributed by atoms with van der Waals surface area (Å²) in [4.78, 5) is 7.35. The molecule has 0 saturated carbocycles. The molecule has 4 rings (SSSR count). The lowest BCUT2D eigenvalue weighted by Gasteiger charge is -2.37. The largest absolute Gasteiger partial charge is 0.378 e. The minimum atomic E-state index is 0.810. The van der Waals surface area contributed by atoms with Gasteiger partial charge in [-0.05, 0) is 18.2 Å². The van der Waals surface area contributed by atoms with Gasteiger partial charge in [0.1, 0.15) is 0 Å². The number of morpholine rings is 3. The second-order valence-electron chi connectivity index (χ2n) is 6.47. The quantitative estimate of drug-likeness (QED) is 0.827. The van der Waals surface area contributed by atoms with Gasteiger partial charge >= 0.3 is 0 Å². The maximum Gasteiger partial charge on any atom is 0.0642 e. The van der Waals surface area contributed by atoms with E-state index in [0.717, 1.165) is 78.9 Å². The third-order valence-corrected chi connectivity index (χ3v) is 5.04. The first-order chi connectivity index (χ1) is 11.9. The highest BCUT2D eigenvalue weighted by molar-refractivity contribution is 5.76. The van der Waals surface area contributed by atoms with Crippen LogP contribution in [0.1, 0.15) is 0 Å². The molecule has 6 heteroatoms. The molecule has 0 aromatic heterocycles. The van der Waals surface area contributed by atoms with Gasteiger partial charge in [0, 0.05) is 45.0 Å². The van der Waals surface area contributed by atoms with E-state index in [0.29, 0.717) is 0 Å². The number of benzene rings is 1. The summed E-state index contributed by atoms with van der Waals surface area (Å²) < 4.78 is 16.6. The van der Waals surface area contributed by atoms with Crippen molar-refractivity contribution in [2.75, 3.05) is 93.6 Å². The van der Waals surface area contributed by atoms with E-state index in [-0.39, 0.29) is 0 Å². The van der Waals surface area contributed by atoms with E-state index in [1.165, 1.54) is 17.1 Å². The van der Waals surface area contributed by atoms with Gasteiger partial charge in [0.05, 0.1) is 51.0 Å². The number of nitrogens with zero attached hydrogens (tertiary/aromatic N) is 3. The predicted octanol–water partition coefficient (Wildman–Crippen LogP) is 1.20. The van der Waals surface area contributed by atoms with Crippen molar-refractivity contribution in [2.45, 2.75) is 0 Å². The Hall–Kier alpha value is -1.50. The number of hydrogen-bond donors (Lipinski definition) is 0. The van der Waals surface area contributed by atoms with E-state index >= 15 is 0 Å². The van der Waals surface area contributed by atoms with Gasteiger partial charge in [0.15, 0.2) is 0 Å². The van der Waals surface area contributed by atoms with E-state index in [4.69, 9.17) is 14.2 Å². The van der Waals surface area contributed by atoms with Gasteiger partial charge in [-0.25, -0.2) is 0 Å². The van der Waals surface area contributed by atoms with Crippen LogP contribution in [0.4, 0.5) is 17.1 Å². The second-order valence-corrected chi connectivity index (χ2v) is 6.47. The summed E-state index contributed by atoms with van der Waals surface area (Å²) in [7, 11) is 0. The fourth-order valence-corrected chi connectivity index (χ4v) is 3.66. The zero-order chi connectivity index (χ0) is 16.2. The monoisotopic (exact) mass is 333 g/mol. The SMILES string of the molecule is c1cc(N2CCOCC2)c(N2CCOCC2)cc1N1CCOCC1. The highest BCUT2D eigenvalue weighted by atomic mass is 16.5. The van der Waals surface area contributed by atoms with Crippen molar-refractivity contribution >= 4 is 17.1 Å². The lowest BCUT2D eigenvalue weighted by Crippen LogP contribution is -2.41. The summed E-state index contributed by atoms with van der Waals surface area (Å²) in [6.45, 7) is 10.7. The van der Waals surface area contributed by atoms with Crippen molar-refractivity contribution in [3.8, 4) is 0 Å². The first kappa shape index (κ1) is 16.0. The Labute approximate surface area is 143 Å². The van der Waals surface area contributed by atoms with Gasteiger partial charge in [0.2, 0.25) is 0 Å². The highest BCUT2D eigenvalue weighted by Crippen LogP contribution is 2.35. The van der Waals surface area contributed by atoms with Crippen LogP contribution in [0.15, 0.2) is 18.2 Å². The van der Waals surface area contributed by atoms with Crippen LogP contribution in [0.3, 0.4) is 0 Å². The lowest BCUT2D eigenvalue weighted by atomic mass is 10.1. The molecule has 132 valence electrons. The normalized spacial score (nSPS) is 22.8. The molecule has 3 heterocycles. The summed E-state index contributed by atoms with van der Waals surface area (Å²) in [5.41, 5.74) is 3.97. The molecular formula is C18H27N3O3. The van der Waals surface area contributed by atoms with E-state index in [1.54, 1.807) is 0 Å². The van der Waals surface area contributed by atoms with Gasteiger partial charge in [-0.3, -0.25) is 0 Å². The zero-order valence-electron chi connectivity index (χ0n) is 14.3. The Bertz CT molecular complexity index is 536. The Morgan fingerprint density at radius 3 is 1.54 bits per heavy atom. The first-order valence-electron chi connectivity index (χ1n) is 9.04. The third-order valence-electron chi connectivity index (χ3n) is 5.04. The third kappa shape index (κ3) is 3.45. The average Bonchev–Trinajstić information content (AvgIpc) is 2.69. The molecule has 3 fully saturated rings. The summed E-state index contributed by atoms with van der Waals surface area (Å²) in [5.74, 6) is 0. The molecule has 0 unspecified atom stereocenters. The molecule has 0 radical (unpaired) electrons. The Kier molecular flexibility index (Phi) is 5.06. The molecule has 0 amide bonds. The lowest BCUT2D eigenvalue weighted by molar-refractivity contribution is 0.120. The number of hydrogen-bond acceptors (Lipinski definition) is 6. The van der Waals surface area contributed by atoms with E-state index in [9.17, 15) is 0 Å². The van der Waals surface area contributed by atoms with Crippen LogP contribution in [-0.4, -0.2) is 78.9 Å². The van der Waals surface area contributed by atoms with Crippen LogP contribution in [0.5, 0.6) is 0 Å². The second kappa shape index (κ2) is 7.59. The molecule has 0 bridgehead atoms. The van der Waals surface area contributed by atoms with Crippen LogP contribution >= 0.6 is 0 Å². The molecule has 3 saturated heterocycles. The summed E-state index contributed by atoms with van der Waals surface area (Å²) in [5, 5.41) is 0. The average molecular weight is 333 g/mol. The molecule has 0 atom stereocenters. The van der Waals surface area contributed by atoms with Gasteiger partial charge in [-0.1, -0.05) is 0 Å². The van der Waals surface area contributed by atoms with E-state index in [2.05, 4.69) is 32.9 Å². The number of ether oxygens (including phenoxy) is 3. The van der Waals surface area contributed by atoms with Gasteiger partial charge in [-0.2, -0.15) is 0 Å². The maximum absolute atomic E-state index is 5.55. The van der Waals surface area contributed by atoms with Gasteiger partial charge in [-0.15, -0.1) is 0 Å². The van der Waals surface area contributed by atoms with Crippen molar-refractivity contribution in [1.82, 2.24) is 0 Å². The van der Waals surface area contributed by atoms with Crippen LogP contribution in [0.25, 0.3) is 0 Å². The van der Waals surface area contributed by atoms with Crippen molar-refractivity contribution in [2.24, 2.45) is 0 Å². The number of rotatable bonds is 3. The fraction of sp³-hybridized carbons (Fsp3) is 0.667. The minimum absolute atomic E-state index is 0.810. The molecule has 1 aromatic rings. The van der Waals surface area contributed by atoms with Crippen molar-refractivity contribution < 1.29 is 14.2 Å². The highest BCUT2D eigenvalue weighted by Gasteiger charge is 2.22. The first-order valence-corrected chi connectivity index (χ1v) is 9.04. The molecule has 0 aliphatic carbocycles. The molecule has 0 spiro atoms. The van der Waals surface area contributed by atoms with Crippen LogP contribution < -0.4 is 14.7 Å². The van der Waals surface area contributed by atoms with Crippen molar-refractivity contribution in [1.29, 1.82) is 0 Å². The summed E-state index contributed by atoms with van der Waals surface area (Å²) >= 11 is 0. The summed E-state index contributed by atoms with van der Waals surface area (Å²) in [6.07, 6.45) is 0. The molecule has 6 nitrogen and oxygen atoms in total. The Morgan fingerprint density at radius 1 is 0.542 bits per heavy atom. The van der Waals surface area contributed by atoms with E-state index in [1.807, 2.05) is 0 Å². The van der Waals surface area contributed by atoms with E-state index < -0.39 is 0 Å². The van der Waals surface area contributed by atoms with Gasteiger partial charge < -0.3 is 28.9 Å². The van der Waals surface area contributed by atoms with Crippen LogP contribution in [-0.2, 0) is 14.2 Å². The van der Waals surface area contributed by atoms with Gasteiger partial charge in [0.25, 0.3) is 0 Å². The summed E-state index contributed by atoms with van der Waals surface area (Å²) in [6, 6.07) is 6.92. The maximum atomic E-state index is 5.55. The predicted molar refractivity (Wildman–Crippen MR) is 95.5 cm³/mol. The smallest absolute Gasteiger partial charge is 0.0642 e. The topological polar surface area (TPSA) is 37.4 Å². The zero-order valence-corrected chi connectivity index (χ0v) is 14.3. The molecule has 24 heavy (non-hydrogen) atoms. The Balaban J connectivity index is 1.63. The molecule has 1 aromatic carbocycles. The Morgan fingerprint density at radius 2 is 1.00 bits per heavy atom. The molecular weight excluding hydrogens is 306 g/mol. The number of anilines is 3. The van der Waals surface area contributed by atoms with Crippen LogP contribution in [0, 0.1) is 0 Å². The molecule has 0 N–H and O–H groups in total.